The van der Waals surface area contributed by atoms with Gasteiger partial charge in [-0.3, -0.25) is 4.90 Å². The topological polar surface area (TPSA) is 51.9 Å². The van der Waals surface area contributed by atoms with E-state index in [0.717, 1.165) is 50.5 Å². The van der Waals surface area contributed by atoms with E-state index in [0.29, 0.717) is 12.5 Å². The van der Waals surface area contributed by atoms with Gasteiger partial charge in [-0.15, -0.1) is 5.10 Å². The Morgan fingerprint density at radius 1 is 1.30 bits per heavy atom. The molecule has 20 heavy (non-hydrogen) atoms. The second-order valence-electron chi connectivity index (χ2n) is 5.00. The zero-order valence-electron chi connectivity index (χ0n) is 11.8. The number of nitrogens with zero attached hydrogens (tertiary/aromatic N) is 4. The van der Waals surface area contributed by atoms with Crippen LogP contribution in [0.5, 0.6) is 5.88 Å². The van der Waals surface area contributed by atoms with Gasteiger partial charge in [0, 0.05) is 37.5 Å². The third kappa shape index (κ3) is 3.11. The second kappa shape index (κ2) is 6.24. The van der Waals surface area contributed by atoms with E-state index in [1.165, 1.54) is 0 Å². The summed E-state index contributed by atoms with van der Waals surface area (Å²) in [5.41, 5.74) is 1.86. The molecule has 0 aliphatic carbocycles. The van der Waals surface area contributed by atoms with Crippen LogP contribution in [0, 0.1) is 0 Å². The Labute approximate surface area is 119 Å². The zero-order chi connectivity index (χ0) is 13.8. The van der Waals surface area contributed by atoms with Crippen molar-refractivity contribution in [1.29, 1.82) is 0 Å². The van der Waals surface area contributed by atoms with Gasteiger partial charge in [0.15, 0.2) is 13.5 Å². The normalized spacial score (nSPS) is 16.6. The standard InChI is InChI=1S/C13H19BN4O2/c14-11-10-15-12-2-3-13(16-18(11)12)20-7-1-4-17-5-8-19-9-6-17/h2-3,10H,1,4-9,14H2. The van der Waals surface area contributed by atoms with Gasteiger partial charge in [0.1, 0.15) is 0 Å². The molecule has 0 saturated carbocycles. The Balaban J connectivity index is 1.48. The lowest BCUT2D eigenvalue weighted by Gasteiger charge is -2.26. The average Bonchev–Trinajstić information content (AvgIpc) is 2.86. The van der Waals surface area contributed by atoms with E-state index in [1.54, 1.807) is 4.52 Å². The van der Waals surface area contributed by atoms with Crippen LogP contribution in [-0.4, -0.2) is 66.8 Å². The van der Waals surface area contributed by atoms with Gasteiger partial charge in [-0.1, -0.05) is 0 Å². The lowest BCUT2D eigenvalue weighted by atomic mass is 10.1. The minimum Gasteiger partial charge on any atom is -0.477 e. The molecular weight excluding hydrogens is 255 g/mol. The van der Waals surface area contributed by atoms with Crippen LogP contribution in [0.2, 0.25) is 0 Å². The van der Waals surface area contributed by atoms with Crippen LogP contribution in [0.1, 0.15) is 6.42 Å². The van der Waals surface area contributed by atoms with Crippen LogP contribution in [-0.2, 0) is 4.74 Å². The van der Waals surface area contributed by atoms with E-state index in [-0.39, 0.29) is 0 Å². The Hall–Kier alpha value is -1.60. The molecule has 2 aromatic rings. The minimum absolute atomic E-state index is 0.653. The summed E-state index contributed by atoms with van der Waals surface area (Å²) in [7, 11) is 1.98. The fourth-order valence-electron chi connectivity index (χ4n) is 2.34. The lowest BCUT2D eigenvalue weighted by Crippen LogP contribution is -2.37. The summed E-state index contributed by atoms with van der Waals surface area (Å²) in [5, 5.41) is 4.42. The van der Waals surface area contributed by atoms with E-state index in [9.17, 15) is 0 Å². The number of morpholine rings is 1. The summed E-state index contributed by atoms with van der Waals surface area (Å²) in [5.74, 6) is 0.653. The fraction of sp³-hybridized carbons (Fsp3) is 0.538. The fourth-order valence-corrected chi connectivity index (χ4v) is 2.34. The summed E-state index contributed by atoms with van der Waals surface area (Å²) in [4.78, 5) is 6.65. The van der Waals surface area contributed by atoms with Crippen molar-refractivity contribution in [2.45, 2.75) is 6.42 Å². The highest BCUT2D eigenvalue weighted by Gasteiger charge is 2.09. The van der Waals surface area contributed by atoms with Crippen LogP contribution in [0.15, 0.2) is 18.3 Å². The largest absolute Gasteiger partial charge is 0.477 e. The Morgan fingerprint density at radius 3 is 3.00 bits per heavy atom. The van der Waals surface area contributed by atoms with E-state index < -0.39 is 0 Å². The quantitative estimate of drug-likeness (QED) is 0.522. The Morgan fingerprint density at radius 2 is 2.15 bits per heavy atom. The predicted molar refractivity (Wildman–Crippen MR) is 78.5 cm³/mol. The molecule has 3 heterocycles. The number of ether oxygens (including phenoxy) is 2. The first-order valence-corrected chi connectivity index (χ1v) is 7.07. The third-order valence-corrected chi connectivity index (χ3v) is 3.48. The first-order chi connectivity index (χ1) is 9.83. The summed E-state index contributed by atoms with van der Waals surface area (Å²) in [6.07, 6.45) is 2.81. The molecule has 6 nitrogen and oxygen atoms in total. The summed E-state index contributed by atoms with van der Waals surface area (Å²) >= 11 is 0. The molecule has 0 spiro atoms. The van der Waals surface area contributed by atoms with Gasteiger partial charge < -0.3 is 9.47 Å². The number of hydrogen-bond donors (Lipinski definition) is 0. The van der Waals surface area contributed by atoms with Gasteiger partial charge in [-0.05, 0) is 12.5 Å². The third-order valence-electron chi connectivity index (χ3n) is 3.48. The molecule has 1 aliphatic heterocycles. The lowest BCUT2D eigenvalue weighted by molar-refractivity contribution is 0.0357. The van der Waals surface area contributed by atoms with Gasteiger partial charge in [0.2, 0.25) is 5.88 Å². The molecule has 0 aromatic carbocycles. The number of hydrogen-bond acceptors (Lipinski definition) is 5. The first kappa shape index (κ1) is 13.4. The van der Waals surface area contributed by atoms with Crippen LogP contribution in [0.4, 0.5) is 0 Å². The molecule has 2 aromatic heterocycles. The van der Waals surface area contributed by atoms with E-state index >= 15 is 0 Å². The van der Waals surface area contributed by atoms with Gasteiger partial charge >= 0.3 is 0 Å². The number of imidazole rings is 1. The molecule has 0 amide bonds. The van der Waals surface area contributed by atoms with Gasteiger partial charge in [-0.25, -0.2) is 9.50 Å². The molecule has 0 atom stereocenters. The molecule has 1 aliphatic rings. The van der Waals surface area contributed by atoms with Gasteiger partial charge in [0.05, 0.1) is 19.8 Å². The first-order valence-electron chi connectivity index (χ1n) is 7.07. The van der Waals surface area contributed by atoms with Crippen molar-refractivity contribution < 1.29 is 9.47 Å². The highest BCUT2D eigenvalue weighted by Crippen LogP contribution is 2.07. The molecular formula is C13H19BN4O2. The summed E-state index contributed by atoms with van der Waals surface area (Å²) in [6, 6.07) is 3.80. The van der Waals surface area contributed by atoms with Crippen molar-refractivity contribution in [2.24, 2.45) is 0 Å². The predicted octanol–water partition coefficient (Wildman–Crippen LogP) is -0.911. The molecule has 0 bridgehead atoms. The number of rotatable bonds is 5. The minimum atomic E-state index is 0.653. The van der Waals surface area contributed by atoms with Crippen molar-refractivity contribution in [3.8, 4) is 5.88 Å². The van der Waals surface area contributed by atoms with Crippen LogP contribution in [0.25, 0.3) is 5.65 Å². The average molecular weight is 274 g/mol. The number of fused-ring (bicyclic) bond motifs is 1. The van der Waals surface area contributed by atoms with Crippen molar-refractivity contribution >= 4 is 19.1 Å². The molecule has 0 radical (unpaired) electrons. The summed E-state index contributed by atoms with van der Waals surface area (Å²) < 4.78 is 12.8. The van der Waals surface area contributed by atoms with Gasteiger partial charge in [-0.2, -0.15) is 0 Å². The molecule has 1 saturated heterocycles. The maximum Gasteiger partial charge on any atom is 0.231 e. The molecule has 106 valence electrons. The van der Waals surface area contributed by atoms with Gasteiger partial charge in [0.25, 0.3) is 0 Å². The van der Waals surface area contributed by atoms with Crippen LogP contribution >= 0.6 is 0 Å². The van der Waals surface area contributed by atoms with Crippen molar-refractivity contribution in [3.05, 3.63) is 18.3 Å². The van der Waals surface area contributed by atoms with E-state index in [4.69, 9.17) is 9.47 Å². The number of aromatic nitrogens is 3. The highest BCUT2D eigenvalue weighted by atomic mass is 16.5. The van der Waals surface area contributed by atoms with Crippen molar-refractivity contribution in [2.75, 3.05) is 39.5 Å². The van der Waals surface area contributed by atoms with Crippen LogP contribution < -0.4 is 10.3 Å². The van der Waals surface area contributed by atoms with Crippen molar-refractivity contribution in [1.82, 2.24) is 19.5 Å². The smallest absolute Gasteiger partial charge is 0.231 e. The van der Waals surface area contributed by atoms with E-state index in [1.807, 2.05) is 26.2 Å². The Kier molecular flexibility index (Phi) is 4.18. The van der Waals surface area contributed by atoms with Crippen molar-refractivity contribution in [3.63, 3.8) is 0 Å². The maximum atomic E-state index is 5.71. The second-order valence-corrected chi connectivity index (χ2v) is 5.00. The van der Waals surface area contributed by atoms with E-state index in [2.05, 4.69) is 15.0 Å². The molecule has 3 rings (SSSR count). The molecule has 7 heteroatoms. The van der Waals surface area contributed by atoms with Crippen LogP contribution in [0.3, 0.4) is 0 Å². The highest BCUT2D eigenvalue weighted by molar-refractivity contribution is 6.30. The molecule has 0 unspecified atom stereocenters. The monoisotopic (exact) mass is 274 g/mol. The zero-order valence-corrected chi connectivity index (χ0v) is 11.8. The SMILES string of the molecule is Bc1cnc2ccc(OCCCN3CCOCC3)nn12. The molecule has 0 N–H and O–H groups in total. The summed E-state index contributed by atoms with van der Waals surface area (Å²) in [6.45, 7) is 5.48. The Bertz CT molecular complexity index is 568. The molecule has 1 fully saturated rings. The maximum absolute atomic E-state index is 5.71.